The Labute approximate surface area is 119 Å². The molecule has 0 spiro atoms. The van der Waals surface area contributed by atoms with Crippen molar-refractivity contribution in [2.75, 3.05) is 5.73 Å². The molecule has 4 nitrogen and oxygen atoms in total. The van der Waals surface area contributed by atoms with Gasteiger partial charge in [-0.25, -0.2) is 4.98 Å². The SMILES string of the molecule is Nc1nc2cnc3ccccc3c2n1Cc1cccs1. The van der Waals surface area contributed by atoms with Gasteiger partial charge in [0.05, 0.1) is 23.8 Å². The van der Waals surface area contributed by atoms with Gasteiger partial charge in [0.15, 0.2) is 0 Å². The van der Waals surface area contributed by atoms with Gasteiger partial charge in [-0.05, 0) is 17.5 Å². The number of nitrogens with two attached hydrogens (primary N) is 1. The number of nitrogens with zero attached hydrogens (tertiary/aromatic N) is 3. The summed E-state index contributed by atoms with van der Waals surface area (Å²) in [5.74, 6) is 0.534. The summed E-state index contributed by atoms with van der Waals surface area (Å²) in [6.07, 6.45) is 1.79. The molecule has 98 valence electrons. The van der Waals surface area contributed by atoms with Gasteiger partial charge >= 0.3 is 0 Å². The maximum Gasteiger partial charge on any atom is 0.201 e. The Kier molecular flexibility index (Phi) is 2.47. The second-order valence-electron chi connectivity index (χ2n) is 4.64. The Morgan fingerprint density at radius 2 is 2.00 bits per heavy atom. The Hall–Kier alpha value is -2.40. The fourth-order valence-corrected chi connectivity index (χ4v) is 3.19. The van der Waals surface area contributed by atoms with Crippen molar-refractivity contribution in [2.45, 2.75) is 6.54 Å². The van der Waals surface area contributed by atoms with Crippen LogP contribution >= 0.6 is 11.3 Å². The summed E-state index contributed by atoms with van der Waals surface area (Å²) in [6, 6.07) is 12.2. The number of aromatic nitrogens is 3. The minimum absolute atomic E-state index is 0.534. The molecule has 0 fully saturated rings. The lowest BCUT2D eigenvalue weighted by Gasteiger charge is -2.06. The van der Waals surface area contributed by atoms with Gasteiger partial charge in [-0.1, -0.05) is 24.3 Å². The van der Waals surface area contributed by atoms with Crippen LogP contribution in [0.5, 0.6) is 0 Å². The van der Waals surface area contributed by atoms with Crippen LogP contribution in [-0.2, 0) is 6.54 Å². The summed E-state index contributed by atoms with van der Waals surface area (Å²) >= 11 is 1.72. The van der Waals surface area contributed by atoms with Crippen molar-refractivity contribution >= 4 is 39.2 Å². The van der Waals surface area contributed by atoms with Crippen LogP contribution in [0.15, 0.2) is 48.0 Å². The molecule has 0 amide bonds. The van der Waals surface area contributed by atoms with Crippen molar-refractivity contribution in [1.82, 2.24) is 14.5 Å². The molecule has 0 aliphatic carbocycles. The van der Waals surface area contributed by atoms with Gasteiger partial charge in [0.2, 0.25) is 5.95 Å². The lowest BCUT2D eigenvalue weighted by Crippen LogP contribution is -2.03. The highest BCUT2D eigenvalue weighted by Gasteiger charge is 2.12. The molecule has 20 heavy (non-hydrogen) atoms. The van der Waals surface area contributed by atoms with Crippen molar-refractivity contribution in [3.8, 4) is 0 Å². The van der Waals surface area contributed by atoms with Crippen LogP contribution in [0, 0.1) is 0 Å². The molecular formula is C15H12N4S. The predicted octanol–water partition coefficient (Wildman–Crippen LogP) is 3.28. The largest absolute Gasteiger partial charge is 0.369 e. The van der Waals surface area contributed by atoms with Crippen molar-refractivity contribution in [1.29, 1.82) is 0 Å². The van der Waals surface area contributed by atoms with E-state index < -0.39 is 0 Å². The van der Waals surface area contributed by atoms with Crippen LogP contribution in [0.3, 0.4) is 0 Å². The molecule has 0 radical (unpaired) electrons. The fourth-order valence-electron chi connectivity index (χ4n) is 2.50. The molecule has 1 aromatic carbocycles. The number of fused-ring (bicyclic) bond motifs is 3. The molecule has 2 N–H and O–H groups in total. The molecule has 0 saturated heterocycles. The van der Waals surface area contributed by atoms with E-state index in [-0.39, 0.29) is 0 Å². The summed E-state index contributed by atoms with van der Waals surface area (Å²) in [7, 11) is 0. The first-order valence-corrected chi connectivity index (χ1v) is 7.23. The van der Waals surface area contributed by atoms with Crippen LogP contribution in [-0.4, -0.2) is 14.5 Å². The minimum atomic E-state index is 0.534. The summed E-state index contributed by atoms with van der Waals surface area (Å²) in [6.45, 7) is 0.744. The lowest BCUT2D eigenvalue weighted by atomic mass is 10.2. The normalized spacial score (nSPS) is 11.4. The summed E-state index contributed by atoms with van der Waals surface area (Å²) < 4.78 is 2.06. The molecule has 4 aromatic rings. The molecule has 0 aliphatic rings. The third kappa shape index (κ3) is 1.67. The number of pyridine rings is 1. The second-order valence-corrected chi connectivity index (χ2v) is 5.68. The molecule has 3 heterocycles. The van der Waals surface area contributed by atoms with E-state index in [1.807, 2.05) is 18.2 Å². The number of imidazole rings is 1. The van der Waals surface area contributed by atoms with E-state index in [9.17, 15) is 0 Å². The van der Waals surface area contributed by atoms with Gasteiger partial charge in [-0.15, -0.1) is 11.3 Å². The summed E-state index contributed by atoms with van der Waals surface area (Å²) in [5, 5.41) is 3.16. The smallest absolute Gasteiger partial charge is 0.201 e. The highest BCUT2D eigenvalue weighted by molar-refractivity contribution is 7.09. The first-order valence-electron chi connectivity index (χ1n) is 6.35. The monoisotopic (exact) mass is 280 g/mol. The maximum absolute atomic E-state index is 6.09. The first-order chi connectivity index (χ1) is 9.83. The molecule has 4 rings (SSSR count). The van der Waals surface area contributed by atoms with Crippen molar-refractivity contribution < 1.29 is 0 Å². The van der Waals surface area contributed by atoms with Crippen LogP contribution in [0.2, 0.25) is 0 Å². The highest BCUT2D eigenvalue weighted by Crippen LogP contribution is 2.27. The Morgan fingerprint density at radius 3 is 2.85 bits per heavy atom. The van der Waals surface area contributed by atoms with E-state index in [4.69, 9.17) is 5.73 Å². The molecule has 0 unspecified atom stereocenters. The van der Waals surface area contributed by atoms with Crippen molar-refractivity contribution in [3.05, 3.63) is 52.9 Å². The average Bonchev–Trinajstić information content (AvgIpc) is 3.08. The quantitative estimate of drug-likeness (QED) is 0.613. The molecular weight excluding hydrogens is 268 g/mol. The summed E-state index contributed by atoms with van der Waals surface area (Å²) in [4.78, 5) is 10.1. The zero-order valence-electron chi connectivity index (χ0n) is 10.7. The minimum Gasteiger partial charge on any atom is -0.369 e. The fraction of sp³-hybridized carbons (Fsp3) is 0.0667. The van der Waals surface area contributed by atoms with Crippen LogP contribution < -0.4 is 5.73 Å². The van der Waals surface area contributed by atoms with Gasteiger partial charge in [0.1, 0.15) is 5.52 Å². The van der Waals surface area contributed by atoms with E-state index in [1.165, 1.54) is 4.88 Å². The standard InChI is InChI=1S/C15H12N4S/c16-15-18-13-8-17-12-6-2-1-5-11(12)14(13)19(15)9-10-4-3-7-20-10/h1-8H,9H2,(H2,16,18). The maximum atomic E-state index is 6.09. The average molecular weight is 280 g/mol. The van der Waals surface area contributed by atoms with Crippen molar-refractivity contribution in [2.24, 2.45) is 0 Å². The Bertz CT molecular complexity index is 893. The van der Waals surface area contributed by atoms with Gasteiger partial charge < -0.3 is 10.3 Å². The van der Waals surface area contributed by atoms with Crippen LogP contribution in [0.1, 0.15) is 4.88 Å². The van der Waals surface area contributed by atoms with E-state index in [0.29, 0.717) is 5.95 Å². The zero-order chi connectivity index (χ0) is 13.5. The zero-order valence-corrected chi connectivity index (χ0v) is 11.5. The van der Waals surface area contributed by atoms with Crippen molar-refractivity contribution in [3.63, 3.8) is 0 Å². The molecule has 3 aromatic heterocycles. The highest BCUT2D eigenvalue weighted by atomic mass is 32.1. The topological polar surface area (TPSA) is 56.7 Å². The first kappa shape index (κ1) is 11.4. The number of thiophene rings is 1. The number of anilines is 1. The lowest BCUT2D eigenvalue weighted by molar-refractivity contribution is 0.855. The molecule has 5 heteroatoms. The van der Waals surface area contributed by atoms with Crippen LogP contribution in [0.25, 0.3) is 21.9 Å². The number of benzene rings is 1. The number of rotatable bonds is 2. The predicted molar refractivity (Wildman–Crippen MR) is 82.9 cm³/mol. The van der Waals surface area contributed by atoms with E-state index in [2.05, 4.69) is 38.1 Å². The number of hydrogen-bond acceptors (Lipinski definition) is 4. The summed E-state index contributed by atoms with van der Waals surface area (Å²) in [5.41, 5.74) is 8.96. The molecule has 0 atom stereocenters. The van der Waals surface area contributed by atoms with E-state index >= 15 is 0 Å². The second kappa shape index (κ2) is 4.31. The molecule has 0 aliphatic heterocycles. The van der Waals surface area contributed by atoms with Crippen LogP contribution in [0.4, 0.5) is 5.95 Å². The number of hydrogen-bond donors (Lipinski definition) is 1. The number of nitrogen functional groups attached to an aromatic ring is 1. The third-order valence-corrected chi connectivity index (χ3v) is 4.26. The Balaban J connectivity index is 2.03. The number of para-hydroxylation sites is 1. The Morgan fingerprint density at radius 1 is 1.10 bits per heavy atom. The van der Waals surface area contributed by atoms with Gasteiger partial charge in [0, 0.05) is 10.3 Å². The molecule has 0 bridgehead atoms. The third-order valence-electron chi connectivity index (χ3n) is 3.40. The van der Waals surface area contributed by atoms with E-state index in [1.54, 1.807) is 17.5 Å². The van der Waals surface area contributed by atoms with E-state index in [0.717, 1.165) is 28.5 Å². The van der Waals surface area contributed by atoms with Gasteiger partial charge in [-0.3, -0.25) is 4.98 Å². The van der Waals surface area contributed by atoms with Gasteiger partial charge in [0.25, 0.3) is 0 Å². The molecule has 0 saturated carbocycles. The van der Waals surface area contributed by atoms with Gasteiger partial charge in [-0.2, -0.15) is 0 Å².